The molecule has 1 unspecified atom stereocenters. The summed E-state index contributed by atoms with van der Waals surface area (Å²) in [7, 11) is 0. The Morgan fingerprint density at radius 1 is 1.29 bits per heavy atom. The number of hydrogen-bond donors (Lipinski definition) is 2. The molecule has 0 saturated carbocycles. The molecule has 0 amide bonds. The quantitative estimate of drug-likeness (QED) is 0.826. The van der Waals surface area contributed by atoms with Crippen LogP contribution in [0.5, 0.6) is 0 Å². The molecule has 0 radical (unpaired) electrons. The summed E-state index contributed by atoms with van der Waals surface area (Å²) in [4.78, 5) is 4.25. The Morgan fingerprint density at radius 3 is 2.94 bits per heavy atom. The van der Waals surface area contributed by atoms with Crippen LogP contribution in [0.4, 0.5) is 0 Å². The molecule has 3 heteroatoms. The number of aliphatic hydroxyl groups excluding tert-OH is 1. The largest absolute Gasteiger partial charge is 0.396 e. The molecule has 0 spiro atoms. The van der Waals surface area contributed by atoms with E-state index in [-0.39, 0.29) is 6.61 Å². The van der Waals surface area contributed by atoms with Crippen LogP contribution in [0.1, 0.15) is 18.9 Å². The van der Waals surface area contributed by atoms with E-state index in [4.69, 9.17) is 5.11 Å². The SMILES string of the molecule is CC(CCO)NCc1cncc2ccccc12. The third kappa shape index (κ3) is 3.02. The Morgan fingerprint density at radius 2 is 2.12 bits per heavy atom. The number of aliphatic hydroxyl groups is 1. The minimum absolute atomic E-state index is 0.224. The van der Waals surface area contributed by atoms with E-state index in [9.17, 15) is 0 Å². The van der Waals surface area contributed by atoms with Gasteiger partial charge in [-0.25, -0.2) is 0 Å². The van der Waals surface area contributed by atoms with Crippen molar-refractivity contribution in [2.75, 3.05) is 6.61 Å². The van der Waals surface area contributed by atoms with Crippen LogP contribution in [0.15, 0.2) is 36.7 Å². The predicted octanol–water partition coefficient (Wildman–Crippen LogP) is 2.10. The summed E-state index contributed by atoms with van der Waals surface area (Å²) in [5.41, 5.74) is 1.20. The lowest BCUT2D eigenvalue weighted by Gasteiger charge is -2.13. The zero-order valence-corrected chi connectivity index (χ0v) is 10.1. The standard InChI is InChI=1S/C14H18N2O/c1-11(6-7-17)16-10-13-9-15-8-12-4-2-3-5-14(12)13/h2-5,8-9,11,16-17H,6-7,10H2,1H3. The van der Waals surface area contributed by atoms with Gasteiger partial charge >= 0.3 is 0 Å². The van der Waals surface area contributed by atoms with Crippen LogP contribution >= 0.6 is 0 Å². The molecule has 0 aliphatic heterocycles. The van der Waals surface area contributed by atoms with Gasteiger partial charge in [-0.3, -0.25) is 4.98 Å². The normalized spacial score (nSPS) is 12.8. The van der Waals surface area contributed by atoms with Gasteiger partial charge < -0.3 is 10.4 Å². The summed E-state index contributed by atoms with van der Waals surface area (Å²) in [5.74, 6) is 0. The molecule has 0 bridgehead atoms. The lowest BCUT2D eigenvalue weighted by molar-refractivity contribution is 0.269. The third-order valence-electron chi connectivity index (χ3n) is 2.95. The topological polar surface area (TPSA) is 45.1 Å². The van der Waals surface area contributed by atoms with E-state index in [1.807, 2.05) is 24.5 Å². The third-order valence-corrected chi connectivity index (χ3v) is 2.95. The Labute approximate surface area is 102 Å². The molecular weight excluding hydrogens is 212 g/mol. The van der Waals surface area contributed by atoms with Crippen molar-refractivity contribution < 1.29 is 5.11 Å². The Kier molecular flexibility index (Phi) is 4.07. The highest BCUT2D eigenvalue weighted by Crippen LogP contribution is 2.16. The second-order valence-corrected chi connectivity index (χ2v) is 4.31. The van der Waals surface area contributed by atoms with Crippen molar-refractivity contribution in [1.82, 2.24) is 10.3 Å². The first-order valence-corrected chi connectivity index (χ1v) is 5.97. The maximum Gasteiger partial charge on any atom is 0.0445 e. The van der Waals surface area contributed by atoms with Crippen molar-refractivity contribution in [2.24, 2.45) is 0 Å². The summed E-state index contributed by atoms with van der Waals surface area (Å²) in [6.45, 7) is 3.09. The van der Waals surface area contributed by atoms with Gasteiger partial charge in [-0.15, -0.1) is 0 Å². The summed E-state index contributed by atoms with van der Waals surface area (Å²) in [6, 6.07) is 8.57. The molecule has 0 aliphatic carbocycles. The number of pyridine rings is 1. The highest BCUT2D eigenvalue weighted by atomic mass is 16.3. The monoisotopic (exact) mass is 230 g/mol. The number of aromatic nitrogens is 1. The lowest BCUT2D eigenvalue weighted by Crippen LogP contribution is -2.26. The van der Waals surface area contributed by atoms with Crippen LogP contribution in [0, 0.1) is 0 Å². The maximum atomic E-state index is 8.85. The number of nitrogens with one attached hydrogen (secondary N) is 1. The molecule has 0 saturated heterocycles. The van der Waals surface area contributed by atoms with Crippen LogP contribution in [-0.2, 0) is 6.54 Å². The number of benzene rings is 1. The minimum Gasteiger partial charge on any atom is -0.396 e. The molecule has 17 heavy (non-hydrogen) atoms. The van der Waals surface area contributed by atoms with Gasteiger partial charge in [0.1, 0.15) is 0 Å². The van der Waals surface area contributed by atoms with Gasteiger partial charge in [0.15, 0.2) is 0 Å². The van der Waals surface area contributed by atoms with Crippen molar-refractivity contribution in [3.05, 3.63) is 42.2 Å². The molecule has 1 aromatic carbocycles. The van der Waals surface area contributed by atoms with E-state index < -0.39 is 0 Å². The summed E-state index contributed by atoms with van der Waals surface area (Å²) in [6.07, 6.45) is 4.56. The molecule has 2 aromatic rings. The van der Waals surface area contributed by atoms with E-state index in [1.165, 1.54) is 16.3 Å². The molecule has 2 rings (SSSR count). The average Bonchev–Trinajstić information content (AvgIpc) is 2.36. The predicted molar refractivity (Wildman–Crippen MR) is 69.7 cm³/mol. The molecule has 1 heterocycles. The van der Waals surface area contributed by atoms with E-state index in [0.29, 0.717) is 6.04 Å². The smallest absolute Gasteiger partial charge is 0.0445 e. The fourth-order valence-corrected chi connectivity index (χ4v) is 1.90. The van der Waals surface area contributed by atoms with Crippen molar-refractivity contribution >= 4 is 10.8 Å². The number of rotatable bonds is 5. The maximum absolute atomic E-state index is 8.85. The molecule has 1 aromatic heterocycles. The van der Waals surface area contributed by atoms with E-state index in [1.54, 1.807) is 0 Å². The number of nitrogens with zero attached hydrogens (tertiary/aromatic N) is 1. The van der Waals surface area contributed by atoms with Crippen LogP contribution in [0.25, 0.3) is 10.8 Å². The van der Waals surface area contributed by atoms with Gasteiger partial charge in [0.25, 0.3) is 0 Å². The van der Waals surface area contributed by atoms with E-state index in [2.05, 4.69) is 29.4 Å². The fourth-order valence-electron chi connectivity index (χ4n) is 1.90. The Hall–Kier alpha value is -1.45. The zero-order chi connectivity index (χ0) is 12.1. The van der Waals surface area contributed by atoms with Gasteiger partial charge in [0.2, 0.25) is 0 Å². The fraction of sp³-hybridized carbons (Fsp3) is 0.357. The van der Waals surface area contributed by atoms with Crippen LogP contribution in [-0.4, -0.2) is 22.7 Å². The van der Waals surface area contributed by atoms with Gasteiger partial charge in [-0.05, 0) is 24.3 Å². The number of hydrogen-bond acceptors (Lipinski definition) is 3. The Bertz CT molecular complexity index is 479. The van der Waals surface area contributed by atoms with Gasteiger partial charge in [0, 0.05) is 37.0 Å². The van der Waals surface area contributed by atoms with Crippen molar-refractivity contribution in [1.29, 1.82) is 0 Å². The second kappa shape index (κ2) is 5.75. The Balaban J connectivity index is 2.13. The van der Waals surface area contributed by atoms with Crippen molar-refractivity contribution in [3.63, 3.8) is 0 Å². The van der Waals surface area contributed by atoms with Gasteiger partial charge in [-0.1, -0.05) is 24.3 Å². The van der Waals surface area contributed by atoms with Gasteiger partial charge in [-0.2, -0.15) is 0 Å². The van der Waals surface area contributed by atoms with Crippen LogP contribution < -0.4 is 5.32 Å². The minimum atomic E-state index is 0.224. The summed E-state index contributed by atoms with van der Waals surface area (Å²) in [5, 5.41) is 14.7. The second-order valence-electron chi connectivity index (χ2n) is 4.31. The van der Waals surface area contributed by atoms with Gasteiger partial charge in [0.05, 0.1) is 0 Å². The first-order valence-electron chi connectivity index (χ1n) is 5.97. The summed E-state index contributed by atoms with van der Waals surface area (Å²) >= 11 is 0. The molecule has 1 atom stereocenters. The molecule has 3 nitrogen and oxygen atoms in total. The number of fused-ring (bicyclic) bond motifs is 1. The summed E-state index contributed by atoms with van der Waals surface area (Å²) < 4.78 is 0. The average molecular weight is 230 g/mol. The van der Waals surface area contributed by atoms with Crippen molar-refractivity contribution in [3.8, 4) is 0 Å². The van der Waals surface area contributed by atoms with Crippen LogP contribution in [0.3, 0.4) is 0 Å². The molecule has 2 N–H and O–H groups in total. The zero-order valence-electron chi connectivity index (χ0n) is 10.1. The molecule has 0 fully saturated rings. The van der Waals surface area contributed by atoms with E-state index >= 15 is 0 Å². The molecule has 90 valence electrons. The highest BCUT2D eigenvalue weighted by molar-refractivity contribution is 5.84. The first kappa shape index (κ1) is 12.0. The van der Waals surface area contributed by atoms with E-state index in [0.717, 1.165) is 13.0 Å². The van der Waals surface area contributed by atoms with Crippen LogP contribution in [0.2, 0.25) is 0 Å². The first-order chi connectivity index (χ1) is 8.31. The lowest BCUT2D eigenvalue weighted by atomic mass is 10.1. The van der Waals surface area contributed by atoms with Crippen molar-refractivity contribution in [2.45, 2.75) is 25.9 Å². The molecular formula is C14H18N2O. The highest BCUT2D eigenvalue weighted by Gasteiger charge is 2.03. The molecule has 0 aliphatic rings.